The Labute approximate surface area is 137 Å². The van der Waals surface area contributed by atoms with E-state index in [0.717, 1.165) is 6.07 Å². The van der Waals surface area contributed by atoms with Crippen LogP contribution in [0.4, 0.5) is 13.2 Å². The maximum atomic E-state index is 12.3. The zero-order valence-corrected chi connectivity index (χ0v) is 13.3. The Kier molecular flexibility index (Phi) is 7.02. The van der Waals surface area contributed by atoms with Gasteiger partial charge < -0.3 is 21.1 Å². The predicted molar refractivity (Wildman–Crippen MR) is 80.8 cm³/mol. The molecule has 0 saturated carbocycles. The van der Waals surface area contributed by atoms with Crippen molar-refractivity contribution in [2.45, 2.75) is 32.8 Å². The van der Waals surface area contributed by atoms with Crippen molar-refractivity contribution in [2.75, 3.05) is 6.54 Å². The average molecular weight is 347 g/mol. The van der Waals surface area contributed by atoms with Crippen LogP contribution in [0.25, 0.3) is 0 Å². The molecular formula is C15H20F3N3O3. The Morgan fingerprint density at radius 1 is 1.21 bits per heavy atom. The first-order valence-electron chi connectivity index (χ1n) is 7.24. The molecule has 0 heterocycles. The second kappa shape index (κ2) is 8.53. The van der Waals surface area contributed by atoms with Crippen LogP contribution in [0.2, 0.25) is 0 Å². The number of carbonyl (C=O) groups is 2. The molecule has 4 N–H and O–H groups in total. The average Bonchev–Trinajstić information content (AvgIpc) is 2.49. The van der Waals surface area contributed by atoms with Gasteiger partial charge in [-0.3, -0.25) is 9.59 Å². The van der Waals surface area contributed by atoms with Gasteiger partial charge in [0, 0.05) is 12.1 Å². The maximum absolute atomic E-state index is 12.3. The lowest BCUT2D eigenvalue weighted by molar-refractivity contribution is -0.274. The van der Waals surface area contributed by atoms with Crippen LogP contribution in [0, 0.1) is 5.92 Å². The first-order chi connectivity index (χ1) is 11.1. The van der Waals surface area contributed by atoms with E-state index in [1.807, 2.05) is 0 Å². The highest BCUT2D eigenvalue weighted by Crippen LogP contribution is 2.25. The van der Waals surface area contributed by atoms with E-state index in [0.29, 0.717) is 0 Å². The summed E-state index contributed by atoms with van der Waals surface area (Å²) < 4.78 is 40.8. The fraction of sp³-hybridized carbons (Fsp3) is 0.467. The molecule has 1 aromatic carbocycles. The molecule has 0 aliphatic carbocycles. The van der Waals surface area contributed by atoms with Gasteiger partial charge in [-0.05, 0) is 12.0 Å². The molecule has 0 unspecified atom stereocenters. The molecule has 0 radical (unpaired) electrons. The third-order valence-corrected chi connectivity index (χ3v) is 3.12. The maximum Gasteiger partial charge on any atom is 0.573 e. The normalized spacial score (nSPS) is 12.6. The van der Waals surface area contributed by atoms with Gasteiger partial charge in [-0.15, -0.1) is 13.2 Å². The summed E-state index contributed by atoms with van der Waals surface area (Å²) in [4.78, 5) is 23.3. The Morgan fingerprint density at radius 3 is 2.42 bits per heavy atom. The molecule has 1 rings (SSSR count). The molecule has 2 amide bonds. The Morgan fingerprint density at radius 2 is 1.83 bits per heavy atom. The second-order valence-electron chi connectivity index (χ2n) is 5.42. The highest BCUT2D eigenvalue weighted by molar-refractivity contribution is 5.87. The molecule has 134 valence electrons. The number of rotatable bonds is 7. The van der Waals surface area contributed by atoms with Crippen LogP contribution >= 0.6 is 0 Å². The van der Waals surface area contributed by atoms with Crippen molar-refractivity contribution in [1.82, 2.24) is 10.6 Å². The molecule has 0 saturated heterocycles. The zero-order chi connectivity index (χ0) is 18.3. The molecule has 0 bridgehead atoms. The van der Waals surface area contributed by atoms with Gasteiger partial charge in [0.2, 0.25) is 11.8 Å². The lowest BCUT2D eigenvalue weighted by Gasteiger charge is -2.16. The smallest absolute Gasteiger partial charge is 0.405 e. The monoisotopic (exact) mass is 347 g/mol. The van der Waals surface area contributed by atoms with Gasteiger partial charge in [-0.2, -0.15) is 0 Å². The quantitative estimate of drug-likeness (QED) is 0.693. The van der Waals surface area contributed by atoms with Gasteiger partial charge in [-0.25, -0.2) is 0 Å². The van der Waals surface area contributed by atoms with Crippen LogP contribution in [-0.4, -0.2) is 30.8 Å². The molecule has 0 fully saturated rings. The van der Waals surface area contributed by atoms with E-state index in [4.69, 9.17) is 5.73 Å². The van der Waals surface area contributed by atoms with Crippen molar-refractivity contribution in [3.63, 3.8) is 0 Å². The molecule has 1 atom stereocenters. The number of nitrogens with one attached hydrogen (secondary N) is 2. The van der Waals surface area contributed by atoms with Crippen molar-refractivity contribution in [3.8, 4) is 5.75 Å². The zero-order valence-electron chi connectivity index (χ0n) is 13.3. The van der Waals surface area contributed by atoms with E-state index in [-0.39, 0.29) is 24.6 Å². The topological polar surface area (TPSA) is 93.5 Å². The number of halogens is 3. The molecular weight excluding hydrogens is 327 g/mol. The first-order valence-corrected chi connectivity index (χ1v) is 7.24. The van der Waals surface area contributed by atoms with Crippen LogP contribution in [-0.2, 0) is 16.1 Å². The van der Waals surface area contributed by atoms with Gasteiger partial charge >= 0.3 is 6.36 Å². The summed E-state index contributed by atoms with van der Waals surface area (Å²) in [7, 11) is 0. The summed E-state index contributed by atoms with van der Waals surface area (Å²) in [5.74, 6) is -1.50. The predicted octanol–water partition coefficient (Wildman–Crippen LogP) is 1.30. The van der Waals surface area contributed by atoms with Crippen molar-refractivity contribution >= 4 is 11.8 Å². The fourth-order valence-corrected chi connectivity index (χ4v) is 1.72. The Bertz CT molecular complexity index is 577. The van der Waals surface area contributed by atoms with Crippen LogP contribution in [0.5, 0.6) is 5.75 Å². The third-order valence-electron chi connectivity index (χ3n) is 3.12. The van der Waals surface area contributed by atoms with Gasteiger partial charge in [0.25, 0.3) is 0 Å². The number of ether oxygens (including phenoxy) is 1. The number of alkyl halides is 3. The van der Waals surface area contributed by atoms with Gasteiger partial charge in [0.1, 0.15) is 5.75 Å². The van der Waals surface area contributed by atoms with Crippen LogP contribution in [0.3, 0.4) is 0 Å². The first kappa shape index (κ1) is 19.8. The fourth-order valence-electron chi connectivity index (χ4n) is 1.72. The highest BCUT2D eigenvalue weighted by Gasteiger charge is 2.32. The van der Waals surface area contributed by atoms with Crippen LogP contribution < -0.4 is 21.1 Å². The van der Waals surface area contributed by atoms with Crippen molar-refractivity contribution in [3.05, 3.63) is 29.8 Å². The number of para-hydroxylation sites is 1. The van der Waals surface area contributed by atoms with Gasteiger partial charge in [-0.1, -0.05) is 32.0 Å². The van der Waals surface area contributed by atoms with E-state index in [1.165, 1.54) is 18.2 Å². The van der Waals surface area contributed by atoms with E-state index in [2.05, 4.69) is 15.4 Å². The number of hydrogen-bond donors (Lipinski definition) is 3. The molecule has 24 heavy (non-hydrogen) atoms. The Hall–Kier alpha value is -2.29. The molecule has 0 aliphatic rings. The second-order valence-corrected chi connectivity index (χ2v) is 5.42. The van der Waals surface area contributed by atoms with E-state index < -0.39 is 30.0 Å². The van der Waals surface area contributed by atoms with Crippen molar-refractivity contribution in [2.24, 2.45) is 11.7 Å². The molecule has 1 aromatic rings. The van der Waals surface area contributed by atoms with Crippen LogP contribution in [0.15, 0.2) is 24.3 Å². The molecule has 0 spiro atoms. The van der Waals surface area contributed by atoms with Crippen LogP contribution in [0.1, 0.15) is 19.4 Å². The molecule has 6 nitrogen and oxygen atoms in total. The lowest BCUT2D eigenvalue weighted by Crippen LogP contribution is -2.47. The highest BCUT2D eigenvalue weighted by atomic mass is 19.4. The minimum atomic E-state index is -4.82. The number of nitrogens with two attached hydrogens (primary N) is 1. The molecule has 9 heteroatoms. The number of hydrogen-bond acceptors (Lipinski definition) is 4. The summed E-state index contributed by atoms with van der Waals surface area (Å²) in [6.45, 7) is 3.04. The summed E-state index contributed by atoms with van der Waals surface area (Å²) in [6, 6.07) is 4.72. The van der Waals surface area contributed by atoms with Gasteiger partial charge in [0.15, 0.2) is 0 Å². The summed E-state index contributed by atoms with van der Waals surface area (Å²) in [5.41, 5.74) is 5.78. The minimum Gasteiger partial charge on any atom is -0.405 e. The number of benzene rings is 1. The minimum absolute atomic E-state index is 0.0838. The summed E-state index contributed by atoms with van der Waals surface area (Å²) in [5, 5.41) is 4.77. The summed E-state index contributed by atoms with van der Waals surface area (Å²) >= 11 is 0. The summed E-state index contributed by atoms with van der Waals surface area (Å²) in [6.07, 6.45) is -4.82. The molecule has 0 aromatic heterocycles. The number of carbonyl (C=O) groups excluding carboxylic acids is 2. The lowest BCUT2D eigenvalue weighted by atomic mass is 10.1. The van der Waals surface area contributed by atoms with Gasteiger partial charge in [0.05, 0.1) is 12.6 Å². The Balaban J connectivity index is 2.52. The van der Waals surface area contributed by atoms with E-state index in [9.17, 15) is 22.8 Å². The number of amides is 2. The van der Waals surface area contributed by atoms with E-state index >= 15 is 0 Å². The largest absolute Gasteiger partial charge is 0.573 e. The van der Waals surface area contributed by atoms with E-state index in [1.54, 1.807) is 13.8 Å². The van der Waals surface area contributed by atoms with Crippen molar-refractivity contribution < 1.29 is 27.5 Å². The standard InChI is InChI=1S/C15H20F3N3O3/c1-9(2)13(19)14(23)21-8-12(22)20-7-10-5-3-4-6-11(10)24-15(16,17)18/h3-6,9,13H,7-8,19H2,1-2H3,(H,20,22)(H,21,23)/t13-/m0/s1. The SMILES string of the molecule is CC(C)[C@H](N)C(=O)NCC(=O)NCc1ccccc1OC(F)(F)F. The molecule has 0 aliphatic heterocycles. The third kappa shape index (κ3) is 6.86. The van der Waals surface area contributed by atoms with Crippen molar-refractivity contribution in [1.29, 1.82) is 0 Å².